The molecular weight excluding hydrogens is 205 g/mol. The third kappa shape index (κ3) is 2.09. The molecule has 0 fully saturated rings. The largest absolute Gasteiger partial charge is 0.382 e. The molecule has 1 N–H and O–H groups in total. The van der Waals surface area contributed by atoms with Crippen molar-refractivity contribution in [3.63, 3.8) is 0 Å². The Hall–Kier alpha value is -1.74. The molecule has 2 aromatic rings. The number of pyridine rings is 1. The maximum atomic E-state index is 13.1. The first-order valence-corrected chi connectivity index (χ1v) is 5.03. The van der Waals surface area contributed by atoms with E-state index in [1.54, 1.807) is 30.5 Å². The van der Waals surface area contributed by atoms with Gasteiger partial charge < -0.3 is 5.11 Å². The van der Waals surface area contributed by atoms with Crippen molar-refractivity contribution in [2.45, 2.75) is 13.0 Å². The summed E-state index contributed by atoms with van der Waals surface area (Å²) in [6.07, 6.45) is 0.726. The van der Waals surface area contributed by atoms with Gasteiger partial charge >= 0.3 is 0 Å². The van der Waals surface area contributed by atoms with Crippen LogP contribution in [0.1, 0.15) is 22.9 Å². The van der Waals surface area contributed by atoms with Gasteiger partial charge in [-0.3, -0.25) is 4.98 Å². The van der Waals surface area contributed by atoms with Gasteiger partial charge in [0.2, 0.25) is 0 Å². The lowest BCUT2D eigenvalue weighted by Gasteiger charge is -2.13. The van der Waals surface area contributed by atoms with E-state index >= 15 is 0 Å². The third-order valence-corrected chi connectivity index (χ3v) is 2.50. The van der Waals surface area contributed by atoms with Gasteiger partial charge in [-0.1, -0.05) is 12.1 Å². The molecule has 0 spiro atoms. The molecule has 82 valence electrons. The third-order valence-electron chi connectivity index (χ3n) is 2.50. The minimum absolute atomic E-state index is 0.351. The van der Waals surface area contributed by atoms with Gasteiger partial charge in [0.25, 0.3) is 0 Å². The Balaban J connectivity index is 2.41. The fraction of sp³-hybridized carbons (Fsp3) is 0.154. The minimum atomic E-state index is -0.878. The van der Waals surface area contributed by atoms with Crippen LogP contribution in [0, 0.1) is 12.7 Å². The van der Waals surface area contributed by atoms with Crippen LogP contribution in [-0.2, 0) is 0 Å². The molecule has 0 aliphatic carbocycles. The van der Waals surface area contributed by atoms with Gasteiger partial charge in [-0.2, -0.15) is 0 Å². The normalized spacial score (nSPS) is 12.4. The Bertz CT molecular complexity index is 485. The number of aliphatic hydroxyl groups excluding tert-OH is 1. The zero-order valence-corrected chi connectivity index (χ0v) is 8.89. The van der Waals surface area contributed by atoms with E-state index in [-0.39, 0.29) is 5.82 Å². The summed E-state index contributed by atoms with van der Waals surface area (Å²) in [5.41, 5.74) is 1.93. The van der Waals surface area contributed by atoms with Crippen molar-refractivity contribution in [1.82, 2.24) is 4.98 Å². The molecule has 1 heterocycles. The number of aromatic nitrogens is 1. The highest BCUT2D eigenvalue weighted by molar-refractivity contribution is 5.33. The van der Waals surface area contributed by atoms with Crippen LogP contribution < -0.4 is 0 Å². The van der Waals surface area contributed by atoms with Gasteiger partial charge in [0.1, 0.15) is 11.9 Å². The van der Waals surface area contributed by atoms with Crippen molar-refractivity contribution in [2.24, 2.45) is 0 Å². The highest BCUT2D eigenvalue weighted by Crippen LogP contribution is 2.23. The van der Waals surface area contributed by atoms with E-state index in [4.69, 9.17) is 0 Å². The van der Waals surface area contributed by atoms with Crippen molar-refractivity contribution in [3.8, 4) is 0 Å². The predicted octanol–water partition coefficient (Wildman–Crippen LogP) is 2.61. The second-order valence-corrected chi connectivity index (χ2v) is 3.66. The van der Waals surface area contributed by atoms with Gasteiger partial charge in [0.05, 0.1) is 5.69 Å². The molecule has 0 saturated heterocycles. The molecular formula is C13H12FNO. The maximum Gasteiger partial charge on any atom is 0.123 e. The monoisotopic (exact) mass is 217 g/mol. The van der Waals surface area contributed by atoms with Crippen LogP contribution in [0.4, 0.5) is 4.39 Å². The van der Waals surface area contributed by atoms with E-state index in [1.165, 1.54) is 12.1 Å². The van der Waals surface area contributed by atoms with E-state index < -0.39 is 6.10 Å². The first kappa shape index (κ1) is 10.8. The Morgan fingerprint density at radius 3 is 2.75 bits per heavy atom. The van der Waals surface area contributed by atoms with Crippen LogP contribution in [0.15, 0.2) is 42.6 Å². The van der Waals surface area contributed by atoms with Gasteiger partial charge in [-0.15, -0.1) is 0 Å². The highest BCUT2D eigenvalue weighted by atomic mass is 19.1. The number of hydrogen-bond acceptors (Lipinski definition) is 2. The molecule has 2 nitrogen and oxygen atoms in total. The second kappa shape index (κ2) is 4.41. The summed E-state index contributed by atoms with van der Waals surface area (Å²) in [7, 11) is 0. The van der Waals surface area contributed by atoms with Crippen LogP contribution in [0.2, 0.25) is 0 Å². The van der Waals surface area contributed by atoms with E-state index in [0.717, 1.165) is 5.56 Å². The fourth-order valence-corrected chi connectivity index (χ4v) is 1.60. The molecule has 1 unspecified atom stereocenters. The van der Waals surface area contributed by atoms with Gasteiger partial charge in [-0.25, -0.2) is 4.39 Å². The van der Waals surface area contributed by atoms with Crippen LogP contribution in [0.3, 0.4) is 0 Å². The summed E-state index contributed by atoms with van der Waals surface area (Å²) in [6.45, 7) is 1.83. The molecule has 1 aromatic carbocycles. The average molecular weight is 217 g/mol. The zero-order valence-electron chi connectivity index (χ0n) is 8.89. The molecule has 1 aromatic heterocycles. The molecule has 0 radical (unpaired) electrons. The number of benzene rings is 1. The van der Waals surface area contributed by atoms with Gasteiger partial charge in [0.15, 0.2) is 0 Å². The molecule has 2 rings (SSSR count). The Morgan fingerprint density at radius 1 is 1.25 bits per heavy atom. The van der Waals surface area contributed by atoms with Gasteiger partial charge in [-0.05, 0) is 42.3 Å². The second-order valence-electron chi connectivity index (χ2n) is 3.66. The molecule has 16 heavy (non-hydrogen) atoms. The number of rotatable bonds is 2. The van der Waals surface area contributed by atoms with E-state index in [0.29, 0.717) is 11.3 Å². The lowest BCUT2D eigenvalue weighted by atomic mass is 10.0. The summed E-state index contributed by atoms with van der Waals surface area (Å²) in [6, 6.07) is 9.65. The Morgan fingerprint density at radius 2 is 2.06 bits per heavy atom. The Kier molecular flexibility index (Phi) is 2.97. The molecule has 3 heteroatoms. The lowest BCUT2D eigenvalue weighted by Crippen LogP contribution is -2.04. The standard InChI is InChI=1S/C13H12FNO/c1-9-5-6-10(14)8-11(9)13(16)12-4-2-3-7-15-12/h2-8,13,16H,1H3. The van der Waals surface area contributed by atoms with Crippen LogP contribution >= 0.6 is 0 Å². The highest BCUT2D eigenvalue weighted by Gasteiger charge is 2.14. The van der Waals surface area contributed by atoms with E-state index in [2.05, 4.69) is 4.98 Å². The molecule has 0 saturated carbocycles. The minimum Gasteiger partial charge on any atom is -0.382 e. The summed E-state index contributed by atoms with van der Waals surface area (Å²) >= 11 is 0. The van der Waals surface area contributed by atoms with Crippen molar-refractivity contribution in [3.05, 3.63) is 65.2 Å². The number of aliphatic hydroxyl groups is 1. The first-order chi connectivity index (χ1) is 7.68. The molecule has 0 bridgehead atoms. The zero-order chi connectivity index (χ0) is 11.5. The summed E-state index contributed by atoms with van der Waals surface area (Å²) in [4.78, 5) is 4.05. The summed E-state index contributed by atoms with van der Waals surface area (Å²) in [5, 5.41) is 10.1. The predicted molar refractivity (Wildman–Crippen MR) is 59.4 cm³/mol. The number of hydrogen-bond donors (Lipinski definition) is 1. The van der Waals surface area contributed by atoms with Crippen LogP contribution in [0.5, 0.6) is 0 Å². The molecule has 1 atom stereocenters. The first-order valence-electron chi connectivity index (χ1n) is 5.03. The van der Waals surface area contributed by atoms with Crippen LogP contribution in [0.25, 0.3) is 0 Å². The molecule has 0 amide bonds. The summed E-state index contributed by atoms with van der Waals surface area (Å²) < 4.78 is 13.1. The average Bonchev–Trinajstić information content (AvgIpc) is 2.32. The van der Waals surface area contributed by atoms with Crippen molar-refractivity contribution in [2.75, 3.05) is 0 Å². The maximum absolute atomic E-state index is 13.1. The Labute approximate surface area is 93.4 Å². The molecule has 0 aliphatic rings. The topological polar surface area (TPSA) is 33.1 Å². The number of aryl methyl sites for hydroxylation is 1. The number of halogens is 1. The fourth-order valence-electron chi connectivity index (χ4n) is 1.60. The summed E-state index contributed by atoms with van der Waals surface area (Å²) in [5.74, 6) is -0.351. The van der Waals surface area contributed by atoms with Crippen LogP contribution in [-0.4, -0.2) is 10.1 Å². The van der Waals surface area contributed by atoms with Crippen molar-refractivity contribution < 1.29 is 9.50 Å². The van der Waals surface area contributed by atoms with Gasteiger partial charge in [0, 0.05) is 6.20 Å². The van der Waals surface area contributed by atoms with E-state index in [9.17, 15) is 9.50 Å². The smallest absolute Gasteiger partial charge is 0.123 e. The molecule has 0 aliphatic heterocycles. The lowest BCUT2D eigenvalue weighted by molar-refractivity contribution is 0.214. The van der Waals surface area contributed by atoms with Crippen molar-refractivity contribution in [1.29, 1.82) is 0 Å². The SMILES string of the molecule is Cc1ccc(F)cc1C(O)c1ccccn1. The number of nitrogens with zero attached hydrogens (tertiary/aromatic N) is 1. The van der Waals surface area contributed by atoms with E-state index in [1.807, 2.05) is 6.92 Å². The quantitative estimate of drug-likeness (QED) is 0.838. The van der Waals surface area contributed by atoms with Crippen molar-refractivity contribution >= 4 is 0 Å².